The van der Waals surface area contributed by atoms with E-state index in [0.29, 0.717) is 5.88 Å². The molecule has 0 atom stereocenters. The highest BCUT2D eigenvalue weighted by atomic mass is 16.5. The van der Waals surface area contributed by atoms with Gasteiger partial charge in [-0.3, -0.25) is 0 Å². The Balaban J connectivity index is 2.43. The standard InChI is InChI=1S/C7H7NO2/c9-5-6-10-7-3-1-2-4-8-7/h2,4,9H,5-6H2. The van der Waals surface area contributed by atoms with Crippen molar-refractivity contribution in [1.82, 2.24) is 4.98 Å². The Bertz CT molecular complexity index is 176. The number of ether oxygens (including phenoxy) is 1. The van der Waals surface area contributed by atoms with Gasteiger partial charge in [0.25, 0.3) is 0 Å². The zero-order chi connectivity index (χ0) is 7.23. The summed E-state index contributed by atoms with van der Waals surface area (Å²) in [6.07, 6.45) is 1.56. The van der Waals surface area contributed by atoms with Gasteiger partial charge >= 0.3 is 0 Å². The minimum atomic E-state index is -0.00951. The number of aliphatic hydroxyl groups is 1. The topological polar surface area (TPSA) is 42.4 Å². The highest BCUT2D eigenvalue weighted by Gasteiger charge is 1.89. The smallest absolute Gasteiger partial charge is 0.222 e. The molecular weight excluding hydrogens is 130 g/mol. The number of aromatic nitrogens is 1. The summed E-state index contributed by atoms with van der Waals surface area (Å²) < 4.78 is 4.91. The zero-order valence-corrected chi connectivity index (χ0v) is 5.37. The van der Waals surface area contributed by atoms with Gasteiger partial charge in [-0.25, -0.2) is 4.98 Å². The van der Waals surface area contributed by atoms with E-state index in [1.54, 1.807) is 12.3 Å². The van der Waals surface area contributed by atoms with Crippen LogP contribution in [-0.2, 0) is 0 Å². The fraction of sp³-hybridized carbons (Fsp3) is 0.286. The monoisotopic (exact) mass is 137 g/mol. The fourth-order valence-electron chi connectivity index (χ4n) is 0.494. The first-order valence-corrected chi connectivity index (χ1v) is 2.91. The molecule has 1 aromatic rings. The van der Waals surface area contributed by atoms with Crippen molar-refractivity contribution in [2.24, 2.45) is 0 Å². The van der Waals surface area contributed by atoms with Crippen molar-refractivity contribution in [1.29, 1.82) is 0 Å². The van der Waals surface area contributed by atoms with Gasteiger partial charge in [0, 0.05) is 6.20 Å². The minimum absolute atomic E-state index is 0.00951. The summed E-state index contributed by atoms with van der Waals surface area (Å²) >= 11 is 0. The van der Waals surface area contributed by atoms with E-state index >= 15 is 0 Å². The molecule has 0 aliphatic heterocycles. The van der Waals surface area contributed by atoms with Crippen LogP contribution in [0, 0.1) is 12.1 Å². The van der Waals surface area contributed by atoms with Gasteiger partial charge in [0.05, 0.1) is 12.7 Å². The Morgan fingerprint density at radius 3 is 3.20 bits per heavy atom. The zero-order valence-electron chi connectivity index (χ0n) is 5.37. The second kappa shape index (κ2) is 3.85. The summed E-state index contributed by atoms with van der Waals surface area (Å²) in [4.78, 5) is 3.80. The van der Waals surface area contributed by atoms with Crippen molar-refractivity contribution in [3.8, 4) is 5.88 Å². The normalized spacial score (nSPS) is 9.30. The highest BCUT2D eigenvalue weighted by Crippen LogP contribution is 1.99. The van der Waals surface area contributed by atoms with Crippen LogP contribution in [0.5, 0.6) is 5.88 Å². The summed E-state index contributed by atoms with van der Waals surface area (Å²) in [5, 5.41) is 8.35. The molecule has 0 aromatic carbocycles. The summed E-state index contributed by atoms with van der Waals surface area (Å²) in [5.74, 6) is 0.372. The van der Waals surface area contributed by atoms with Crippen molar-refractivity contribution in [3.63, 3.8) is 0 Å². The van der Waals surface area contributed by atoms with Crippen molar-refractivity contribution < 1.29 is 9.84 Å². The highest BCUT2D eigenvalue weighted by molar-refractivity contribution is 5.05. The van der Waals surface area contributed by atoms with Crippen LogP contribution in [0.15, 0.2) is 12.3 Å². The molecule has 1 N–H and O–H groups in total. The molecule has 0 fully saturated rings. The van der Waals surface area contributed by atoms with Gasteiger partial charge in [0.1, 0.15) is 6.61 Å². The first-order valence-electron chi connectivity index (χ1n) is 2.91. The number of aliphatic hydroxyl groups excluding tert-OH is 1. The lowest BCUT2D eigenvalue weighted by Gasteiger charge is -1.99. The number of nitrogens with zero attached hydrogens (tertiary/aromatic N) is 1. The van der Waals surface area contributed by atoms with Crippen LogP contribution in [0.1, 0.15) is 0 Å². The Hall–Kier alpha value is -1.09. The van der Waals surface area contributed by atoms with Gasteiger partial charge in [-0.1, -0.05) is 0 Å². The molecule has 1 heterocycles. The van der Waals surface area contributed by atoms with E-state index in [9.17, 15) is 0 Å². The van der Waals surface area contributed by atoms with E-state index in [-0.39, 0.29) is 13.2 Å². The van der Waals surface area contributed by atoms with Gasteiger partial charge < -0.3 is 9.84 Å². The average molecular weight is 137 g/mol. The van der Waals surface area contributed by atoms with Crippen molar-refractivity contribution in [3.05, 3.63) is 24.4 Å². The molecule has 0 bridgehead atoms. The molecule has 10 heavy (non-hydrogen) atoms. The van der Waals surface area contributed by atoms with Crippen molar-refractivity contribution in [2.75, 3.05) is 13.2 Å². The molecule has 2 radical (unpaired) electrons. The summed E-state index contributed by atoms with van der Waals surface area (Å²) in [6.45, 7) is 0.242. The van der Waals surface area contributed by atoms with Gasteiger partial charge in [-0.15, -0.1) is 0 Å². The summed E-state index contributed by atoms with van der Waals surface area (Å²) in [6, 6.07) is 6.94. The molecule has 1 rings (SSSR count). The van der Waals surface area contributed by atoms with Crippen LogP contribution in [0.2, 0.25) is 0 Å². The quantitative estimate of drug-likeness (QED) is 0.640. The maximum absolute atomic E-state index is 8.35. The summed E-state index contributed by atoms with van der Waals surface area (Å²) in [5.41, 5.74) is 0. The van der Waals surface area contributed by atoms with Crippen molar-refractivity contribution >= 4 is 0 Å². The van der Waals surface area contributed by atoms with E-state index in [1.165, 1.54) is 0 Å². The third-order valence-electron chi connectivity index (χ3n) is 0.859. The Labute approximate surface area is 59.3 Å². The second-order valence-electron chi connectivity index (χ2n) is 1.59. The third-order valence-corrected chi connectivity index (χ3v) is 0.859. The molecule has 0 saturated heterocycles. The van der Waals surface area contributed by atoms with Gasteiger partial charge in [-0.2, -0.15) is 0 Å². The second-order valence-corrected chi connectivity index (χ2v) is 1.59. The van der Waals surface area contributed by atoms with Gasteiger partial charge in [-0.05, 0) is 12.1 Å². The molecule has 0 spiro atoms. The van der Waals surface area contributed by atoms with Crippen LogP contribution >= 0.6 is 0 Å². The first-order chi connectivity index (χ1) is 4.93. The van der Waals surface area contributed by atoms with Crippen molar-refractivity contribution in [2.45, 2.75) is 0 Å². The summed E-state index contributed by atoms with van der Waals surface area (Å²) in [7, 11) is 0. The van der Waals surface area contributed by atoms with Crippen LogP contribution in [0.4, 0.5) is 0 Å². The Kier molecular flexibility index (Phi) is 2.70. The van der Waals surface area contributed by atoms with Crippen LogP contribution in [0.3, 0.4) is 0 Å². The van der Waals surface area contributed by atoms with E-state index in [4.69, 9.17) is 9.84 Å². The Morgan fingerprint density at radius 1 is 1.70 bits per heavy atom. The SMILES string of the molecule is OCCOc1[c][c]ccn1. The maximum atomic E-state index is 8.35. The molecular formula is C7H7NO2. The Morgan fingerprint density at radius 2 is 2.60 bits per heavy atom. The lowest BCUT2D eigenvalue weighted by Crippen LogP contribution is -2.02. The average Bonchev–Trinajstić information content (AvgIpc) is 2.03. The molecule has 0 amide bonds. The first kappa shape index (κ1) is 7.02. The predicted molar refractivity (Wildman–Crippen MR) is 34.5 cm³/mol. The van der Waals surface area contributed by atoms with E-state index < -0.39 is 0 Å². The molecule has 0 saturated carbocycles. The lowest BCUT2D eigenvalue weighted by molar-refractivity contribution is 0.196. The molecule has 52 valence electrons. The van der Waals surface area contributed by atoms with E-state index in [1.807, 2.05) is 0 Å². The van der Waals surface area contributed by atoms with E-state index in [0.717, 1.165) is 0 Å². The molecule has 3 heteroatoms. The number of rotatable bonds is 3. The molecule has 0 aliphatic carbocycles. The molecule has 1 aromatic heterocycles. The number of pyridine rings is 1. The number of hydrogen-bond donors (Lipinski definition) is 1. The van der Waals surface area contributed by atoms with Crippen LogP contribution in [-0.4, -0.2) is 23.3 Å². The minimum Gasteiger partial charge on any atom is -0.475 e. The third kappa shape index (κ3) is 2.03. The maximum Gasteiger partial charge on any atom is 0.222 e. The molecule has 0 unspecified atom stereocenters. The molecule has 0 aliphatic rings. The molecule has 3 nitrogen and oxygen atoms in total. The van der Waals surface area contributed by atoms with E-state index in [2.05, 4.69) is 17.1 Å². The van der Waals surface area contributed by atoms with Gasteiger partial charge in [0.2, 0.25) is 5.88 Å². The lowest BCUT2D eigenvalue weighted by atomic mass is 10.5. The van der Waals surface area contributed by atoms with Crippen LogP contribution < -0.4 is 4.74 Å². The van der Waals surface area contributed by atoms with Crippen LogP contribution in [0.25, 0.3) is 0 Å². The fourth-order valence-corrected chi connectivity index (χ4v) is 0.494. The predicted octanol–water partition coefficient (Wildman–Crippen LogP) is 0.0531. The number of hydrogen-bond acceptors (Lipinski definition) is 3. The largest absolute Gasteiger partial charge is 0.475 e. The van der Waals surface area contributed by atoms with Gasteiger partial charge in [0.15, 0.2) is 0 Å².